The van der Waals surface area contributed by atoms with Crippen molar-refractivity contribution >= 4 is 22.3 Å². The van der Waals surface area contributed by atoms with E-state index in [-0.39, 0.29) is 5.97 Å². The van der Waals surface area contributed by atoms with Crippen LogP contribution >= 0.6 is 0 Å². The van der Waals surface area contributed by atoms with Gasteiger partial charge in [0.15, 0.2) is 0 Å². The van der Waals surface area contributed by atoms with Gasteiger partial charge in [0.2, 0.25) is 0 Å². The van der Waals surface area contributed by atoms with Crippen LogP contribution in [0.15, 0.2) is 78.9 Å². The van der Waals surface area contributed by atoms with Crippen molar-refractivity contribution in [2.24, 2.45) is 0 Å². The van der Waals surface area contributed by atoms with Gasteiger partial charge >= 0.3 is 5.97 Å². The minimum absolute atomic E-state index is 0.320. The number of ether oxygens (including phenoxy) is 1. The molecule has 0 amide bonds. The third-order valence-corrected chi connectivity index (χ3v) is 3.69. The van der Waals surface area contributed by atoms with E-state index in [1.807, 2.05) is 55.5 Å². The van der Waals surface area contributed by atoms with E-state index < -0.39 is 0 Å². The van der Waals surface area contributed by atoms with Crippen LogP contribution in [0.4, 0.5) is 0 Å². The Labute approximate surface area is 136 Å². The summed E-state index contributed by atoms with van der Waals surface area (Å²) in [4.78, 5) is 12.0. The van der Waals surface area contributed by atoms with Gasteiger partial charge in [0, 0.05) is 6.08 Å². The van der Waals surface area contributed by atoms with Crippen LogP contribution in [-0.2, 0) is 9.53 Å². The molecule has 114 valence electrons. The maximum atomic E-state index is 12.0. The molecule has 0 atom stereocenters. The first-order valence-corrected chi connectivity index (χ1v) is 7.71. The zero-order valence-corrected chi connectivity index (χ0v) is 13.0. The monoisotopic (exact) mass is 302 g/mol. The van der Waals surface area contributed by atoms with Crippen molar-refractivity contribution in [1.29, 1.82) is 0 Å². The van der Waals surface area contributed by atoms with Crippen LogP contribution in [0.1, 0.15) is 18.1 Å². The molecule has 2 heteroatoms. The molecule has 0 saturated heterocycles. The molecule has 0 fully saturated rings. The Morgan fingerprint density at radius 3 is 2.30 bits per heavy atom. The largest absolute Gasteiger partial charge is 0.463 e. The number of carbonyl (C=O) groups is 1. The second kappa shape index (κ2) is 6.93. The fourth-order valence-electron chi connectivity index (χ4n) is 2.61. The second-order valence-corrected chi connectivity index (χ2v) is 5.24. The molecule has 23 heavy (non-hydrogen) atoms. The van der Waals surface area contributed by atoms with E-state index in [1.54, 1.807) is 6.08 Å². The molecule has 3 rings (SSSR count). The summed E-state index contributed by atoms with van der Waals surface area (Å²) in [7, 11) is 0. The number of fused-ring (bicyclic) bond motifs is 1. The lowest BCUT2D eigenvalue weighted by Gasteiger charge is -2.10. The summed E-state index contributed by atoms with van der Waals surface area (Å²) in [6.45, 7) is 2.18. The van der Waals surface area contributed by atoms with Crippen LogP contribution < -0.4 is 0 Å². The number of esters is 1. The number of rotatable bonds is 4. The van der Waals surface area contributed by atoms with Crippen LogP contribution in [-0.4, -0.2) is 12.6 Å². The van der Waals surface area contributed by atoms with Gasteiger partial charge in [-0.3, -0.25) is 0 Å². The van der Waals surface area contributed by atoms with E-state index in [9.17, 15) is 4.79 Å². The van der Waals surface area contributed by atoms with Gasteiger partial charge in [0.1, 0.15) is 0 Å². The highest BCUT2D eigenvalue weighted by Crippen LogP contribution is 2.26. The molecular formula is C21H18O2. The van der Waals surface area contributed by atoms with E-state index in [4.69, 9.17) is 4.74 Å². The quantitative estimate of drug-likeness (QED) is 0.509. The van der Waals surface area contributed by atoms with Crippen LogP contribution in [0.3, 0.4) is 0 Å². The van der Waals surface area contributed by atoms with Gasteiger partial charge in [-0.05, 0) is 40.5 Å². The van der Waals surface area contributed by atoms with Gasteiger partial charge in [-0.1, -0.05) is 66.7 Å². The zero-order valence-electron chi connectivity index (χ0n) is 13.0. The molecule has 2 nitrogen and oxygen atoms in total. The standard InChI is InChI=1S/C21H18O2/c1-2-23-21(22)15-20(17-9-4-3-5-10-17)19-13-12-16-8-6-7-11-18(16)14-19/h3-15H,2H2,1H3. The van der Waals surface area contributed by atoms with Gasteiger partial charge in [-0.25, -0.2) is 4.79 Å². The van der Waals surface area contributed by atoms with Crippen molar-refractivity contribution in [2.75, 3.05) is 6.61 Å². The van der Waals surface area contributed by atoms with Crippen LogP contribution in [0.5, 0.6) is 0 Å². The third kappa shape index (κ3) is 3.49. The average Bonchev–Trinajstić information content (AvgIpc) is 2.60. The second-order valence-electron chi connectivity index (χ2n) is 5.24. The molecule has 0 spiro atoms. The van der Waals surface area contributed by atoms with Crippen molar-refractivity contribution in [1.82, 2.24) is 0 Å². The fraction of sp³-hybridized carbons (Fsp3) is 0.0952. The van der Waals surface area contributed by atoms with Crippen molar-refractivity contribution in [3.05, 3.63) is 90.0 Å². The number of carbonyl (C=O) groups excluding carboxylic acids is 1. The van der Waals surface area contributed by atoms with Crippen molar-refractivity contribution < 1.29 is 9.53 Å². The Balaban J connectivity index is 2.11. The first-order valence-electron chi connectivity index (χ1n) is 7.71. The molecule has 0 N–H and O–H groups in total. The summed E-state index contributed by atoms with van der Waals surface area (Å²) in [6, 6.07) is 24.3. The normalized spacial score (nSPS) is 11.4. The van der Waals surface area contributed by atoms with Crippen LogP contribution in [0.25, 0.3) is 16.3 Å². The molecule has 0 aliphatic carbocycles. The van der Waals surface area contributed by atoms with Gasteiger partial charge < -0.3 is 4.74 Å². The molecule has 0 radical (unpaired) electrons. The van der Waals surface area contributed by atoms with Gasteiger partial charge in [-0.2, -0.15) is 0 Å². The highest BCUT2D eigenvalue weighted by molar-refractivity contribution is 5.98. The topological polar surface area (TPSA) is 26.3 Å². The molecule has 0 heterocycles. The highest BCUT2D eigenvalue weighted by Gasteiger charge is 2.09. The maximum Gasteiger partial charge on any atom is 0.331 e. The predicted molar refractivity (Wildman–Crippen MR) is 94.1 cm³/mol. The molecule has 0 aliphatic heterocycles. The molecule has 0 saturated carbocycles. The predicted octanol–water partition coefficient (Wildman–Crippen LogP) is 4.83. The van der Waals surface area contributed by atoms with Gasteiger partial charge in [-0.15, -0.1) is 0 Å². The van der Waals surface area contributed by atoms with Gasteiger partial charge in [0.25, 0.3) is 0 Å². The lowest BCUT2D eigenvalue weighted by Crippen LogP contribution is -2.01. The lowest BCUT2D eigenvalue weighted by atomic mass is 9.95. The number of benzene rings is 3. The smallest absolute Gasteiger partial charge is 0.331 e. The van der Waals surface area contributed by atoms with Crippen molar-refractivity contribution in [2.45, 2.75) is 6.92 Å². The maximum absolute atomic E-state index is 12.0. The van der Waals surface area contributed by atoms with E-state index in [0.29, 0.717) is 6.61 Å². The van der Waals surface area contributed by atoms with Crippen molar-refractivity contribution in [3.8, 4) is 0 Å². The summed E-state index contributed by atoms with van der Waals surface area (Å²) < 4.78 is 5.09. The summed E-state index contributed by atoms with van der Waals surface area (Å²) in [6.07, 6.45) is 1.57. The zero-order chi connectivity index (χ0) is 16.1. The Hall–Kier alpha value is -2.87. The summed E-state index contributed by atoms with van der Waals surface area (Å²) >= 11 is 0. The first-order chi connectivity index (χ1) is 11.3. The van der Waals surface area contributed by atoms with E-state index in [0.717, 1.165) is 22.1 Å². The Morgan fingerprint density at radius 1 is 0.870 bits per heavy atom. The molecular weight excluding hydrogens is 284 g/mol. The van der Waals surface area contributed by atoms with Crippen LogP contribution in [0.2, 0.25) is 0 Å². The third-order valence-electron chi connectivity index (χ3n) is 3.69. The number of hydrogen-bond acceptors (Lipinski definition) is 2. The molecule has 0 unspecified atom stereocenters. The molecule has 0 bridgehead atoms. The SMILES string of the molecule is CCOC(=O)C=C(c1ccccc1)c1ccc2ccccc2c1. The first kappa shape index (κ1) is 15.0. The average molecular weight is 302 g/mol. The molecule has 0 aromatic heterocycles. The minimum atomic E-state index is -0.320. The Bertz CT molecular complexity index is 848. The van der Waals surface area contributed by atoms with Crippen LogP contribution in [0, 0.1) is 0 Å². The fourth-order valence-corrected chi connectivity index (χ4v) is 2.61. The lowest BCUT2D eigenvalue weighted by molar-refractivity contribution is -0.137. The summed E-state index contributed by atoms with van der Waals surface area (Å²) in [5, 5.41) is 2.33. The number of hydrogen-bond donors (Lipinski definition) is 0. The van der Waals surface area contributed by atoms with Gasteiger partial charge in [0.05, 0.1) is 6.61 Å². The van der Waals surface area contributed by atoms with Crippen molar-refractivity contribution in [3.63, 3.8) is 0 Å². The molecule has 3 aromatic carbocycles. The van der Waals surface area contributed by atoms with E-state index in [2.05, 4.69) is 24.3 Å². The van der Waals surface area contributed by atoms with E-state index in [1.165, 1.54) is 5.39 Å². The summed E-state index contributed by atoms with van der Waals surface area (Å²) in [5.41, 5.74) is 2.87. The Morgan fingerprint density at radius 2 is 1.57 bits per heavy atom. The van der Waals surface area contributed by atoms with E-state index >= 15 is 0 Å². The summed E-state index contributed by atoms with van der Waals surface area (Å²) in [5.74, 6) is -0.320. The highest BCUT2D eigenvalue weighted by atomic mass is 16.5. The Kier molecular flexibility index (Phi) is 4.53. The minimum Gasteiger partial charge on any atom is -0.463 e. The molecule has 0 aliphatic rings. The molecule has 3 aromatic rings.